The van der Waals surface area contributed by atoms with Crippen LogP contribution in [-0.2, 0) is 36.0 Å². The SMILES string of the molecule is CC1CN(CC[C@H](CSc2ccccc2)Nc2ccc(S(=O)(=O)NC(=O)c3ccc(N4CCN(CC5=C(c6ccc(Cl)cc6)CCC(C)(C)C5)CC4)cc3)cc2S(=O)(=O)C(F)(F)F)CC(C)N1Cc1ccc(NC2CCC(=O)NC2=O)cc1. The number of carbonyl (C=O) groups excluding carboxylic acids is 3. The summed E-state index contributed by atoms with van der Waals surface area (Å²) in [5.41, 5.74) is 0.683. The van der Waals surface area contributed by atoms with Crippen LogP contribution in [0.25, 0.3) is 5.57 Å². The molecule has 3 heterocycles. The molecule has 5 aromatic rings. The molecule has 3 fully saturated rings. The summed E-state index contributed by atoms with van der Waals surface area (Å²) < 4.78 is 100.0. The first kappa shape index (κ1) is 61.6. The number of hydrogen-bond acceptors (Lipinski definition) is 14. The Morgan fingerprint density at radius 3 is 2.14 bits per heavy atom. The predicted molar refractivity (Wildman–Crippen MR) is 322 cm³/mol. The number of benzene rings is 5. The van der Waals surface area contributed by atoms with Crippen molar-refractivity contribution in [2.24, 2.45) is 5.41 Å². The van der Waals surface area contributed by atoms with Gasteiger partial charge in [0.1, 0.15) is 10.9 Å². The van der Waals surface area contributed by atoms with E-state index in [0.717, 1.165) is 86.0 Å². The highest BCUT2D eigenvalue weighted by Crippen LogP contribution is 2.43. The summed E-state index contributed by atoms with van der Waals surface area (Å²) >= 11 is 7.66. The van der Waals surface area contributed by atoms with Crippen molar-refractivity contribution in [3.63, 3.8) is 0 Å². The summed E-state index contributed by atoms with van der Waals surface area (Å²) in [5.74, 6) is -1.34. The quantitative estimate of drug-likeness (QED) is 0.0427. The lowest BCUT2D eigenvalue weighted by Crippen LogP contribution is -2.56. The lowest BCUT2D eigenvalue weighted by molar-refractivity contribution is -0.133. The maximum absolute atomic E-state index is 14.5. The molecule has 83 heavy (non-hydrogen) atoms. The molecule has 4 atom stereocenters. The molecule has 3 aliphatic heterocycles. The van der Waals surface area contributed by atoms with Crippen LogP contribution in [0.1, 0.15) is 87.7 Å². The number of hydrogen-bond donors (Lipinski definition) is 4. The first-order valence-corrected chi connectivity index (χ1v) is 32.4. The number of halogens is 4. The zero-order valence-corrected chi connectivity index (χ0v) is 50.3. The van der Waals surface area contributed by atoms with Crippen molar-refractivity contribution < 1.29 is 44.4 Å². The number of sulfonamides is 1. The van der Waals surface area contributed by atoms with E-state index >= 15 is 0 Å². The molecule has 3 unspecified atom stereocenters. The van der Waals surface area contributed by atoms with E-state index in [4.69, 9.17) is 11.6 Å². The minimum absolute atomic E-state index is 0.0178. The van der Waals surface area contributed by atoms with Crippen LogP contribution in [0.5, 0.6) is 0 Å². The molecule has 9 rings (SSSR count). The lowest BCUT2D eigenvalue weighted by atomic mass is 9.73. The molecule has 15 nitrogen and oxygen atoms in total. The lowest BCUT2D eigenvalue weighted by Gasteiger charge is -2.45. The largest absolute Gasteiger partial charge is 0.501 e. The minimum Gasteiger partial charge on any atom is -0.380 e. The summed E-state index contributed by atoms with van der Waals surface area (Å²) in [4.78, 5) is 45.5. The second-order valence-electron chi connectivity index (χ2n) is 23.0. The van der Waals surface area contributed by atoms with Crippen LogP contribution in [0.15, 0.2) is 142 Å². The minimum atomic E-state index is -6.13. The number of nitrogens with one attached hydrogen (secondary N) is 4. The third kappa shape index (κ3) is 15.7. The number of anilines is 3. The predicted octanol–water partition coefficient (Wildman–Crippen LogP) is 10.3. The van der Waals surface area contributed by atoms with E-state index < -0.39 is 58.8 Å². The average Bonchev–Trinajstić information content (AvgIpc) is 3.53. The van der Waals surface area contributed by atoms with Gasteiger partial charge in [-0.25, -0.2) is 21.6 Å². The van der Waals surface area contributed by atoms with Crippen molar-refractivity contribution in [1.82, 2.24) is 24.7 Å². The number of thioether (sulfide) groups is 1. The number of piperazine rings is 2. The van der Waals surface area contributed by atoms with E-state index in [1.165, 1.54) is 40.6 Å². The Morgan fingerprint density at radius 2 is 1.49 bits per heavy atom. The van der Waals surface area contributed by atoms with E-state index in [1.807, 2.05) is 71.5 Å². The van der Waals surface area contributed by atoms with Crippen molar-refractivity contribution in [2.75, 3.05) is 73.6 Å². The number of nitrogens with zero attached hydrogens (tertiary/aromatic N) is 4. The molecule has 4 N–H and O–H groups in total. The van der Waals surface area contributed by atoms with Crippen molar-refractivity contribution >= 4 is 83.6 Å². The van der Waals surface area contributed by atoms with Gasteiger partial charge in [-0.2, -0.15) is 13.2 Å². The summed E-state index contributed by atoms with van der Waals surface area (Å²) in [6, 6.07) is 33.3. The number of piperidine rings is 1. The van der Waals surface area contributed by atoms with Crippen LogP contribution in [0, 0.1) is 5.41 Å². The number of alkyl halides is 3. The Hall–Kier alpha value is -5.94. The monoisotopic (exact) mass is 1220 g/mol. The molecule has 0 bridgehead atoms. The first-order valence-electron chi connectivity index (χ1n) is 28.1. The van der Waals surface area contributed by atoms with Gasteiger partial charge in [0.15, 0.2) is 0 Å². The third-order valence-corrected chi connectivity index (χ3v) is 20.4. The number of imide groups is 1. The third-order valence-electron chi connectivity index (χ3n) is 16.2. The molecule has 0 radical (unpaired) electrons. The fourth-order valence-corrected chi connectivity index (χ4v) is 14.7. The molecule has 5 aromatic carbocycles. The summed E-state index contributed by atoms with van der Waals surface area (Å²) in [6.07, 6.45) is 4.20. The molecule has 1 aliphatic carbocycles. The van der Waals surface area contributed by atoms with Crippen LogP contribution >= 0.6 is 23.4 Å². The van der Waals surface area contributed by atoms with Crippen molar-refractivity contribution in [1.29, 1.82) is 0 Å². The molecule has 3 amide bonds. The average molecular weight is 1220 g/mol. The Morgan fingerprint density at radius 1 is 0.819 bits per heavy atom. The van der Waals surface area contributed by atoms with Gasteiger partial charge in [-0.3, -0.25) is 29.5 Å². The number of amides is 3. The number of rotatable bonds is 20. The van der Waals surface area contributed by atoms with Crippen LogP contribution in [0.3, 0.4) is 0 Å². The van der Waals surface area contributed by atoms with Gasteiger partial charge >= 0.3 is 5.51 Å². The molecule has 3 saturated heterocycles. The fraction of sp³-hybridized carbons (Fsp3) is 0.426. The Bertz CT molecular complexity index is 3370. The highest BCUT2D eigenvalue weighted by Gasteiger charge is 2.49. The molecule has 444 valence electrons. The van der Waals surface area contributed by atoms with Gasteiger partial charge in [0.2, 0.25) is 11.8 Å². The van der Waals surface area contributed by atoms with Gasteiger partial charge in [0.05, 0.1) is 10.6 Å². The summed E-state index contributed by atoms with van der Waals surface area (Å²) in [6.45, 7) is 15.3. The molecule has 0 spiro atoms. The van der Waals surface area contributed by atoms with Crippen LogP contribution in [0.4, 0.5) is 30.2 Å². The molecule has 4 aliphatic rings. The smallest absolute Gasteiger partial charge is 0.380 e. The molecular weight excluding hydrogens is 1150 g/mol. The molecule has 22 heteroatoms. The molecular formula is C61H72ClF3N8O7S3. The van der Waals surface area contributed by atoms with Gasteiger partial charge in [0.25, 0.3) is 25.8 Å². The fourth-order valence-electron chi connectivity index (χ4n) is 11.6. The van der Waals surface area contributed by atoms with Crippen LogP contribution in [0.2, 0.25) is 5.02 Å². The number of allylic oxidation sites excluding steroid dienone is 1. The van der Waals surface area contributed by atoms with E-state index in [9.17, 15) is 44.4 Å². The van der Waals surface area contributed by atoms with Crippen molar-refractivity contribution in [3.8, 4) is 0 Å². The van der Waals surface area contributed by atoms with Gasteiger partial charge in [-0.15, -0.1) is 11.8 Å². The van der Waals surface area contributed by atoms with E-state index in [2.05, 4.69) is 75.4 Å². The van der Waals surface area contributed by atoms with E-state index in [-0.39, 0.29) is 41.3 Å². The number of carbonyl (C=O) groups is 3. The topological polar surface area (TPSA) is 181 Å². The first-order chi connectivity index (χ1) is 39.4. The second kappa shape index (κ2) is 26.1. The van der Waals surface area contributed by atoms with Gasteiger partial charge in [-0.1, -0.05) is 73.5 Å². The second-order valence-corrected chi connectivity index (χ2v) is 28.1. The highest BCUT2D eigenvalue weighted by molar-refractivity contribution is 7.99. The maximum atomic E-state index is 14.5. The summed E-state index contributed by atoms with van der Waals surface area (Å²) in [5, 5.41) is 9.35. The van der Waals surface area contributed by atoms with Gasteiger partial charge < -0.3 is 20.4 Å². The Kier molecular flexibility index (Phi) is 19.4. The maximum Gasteiger partial charge on any atom is 0.501 e. The normalized spacial score (nSPS) is 20.9. The zero-order valence-electron chi connectivity index (χ0n) is 47.1. The standard InChI is InChI=1S/C61H72ClF3N8O7S3/c1-41-36-71(37-42(2)73(41)38-43-10-18-48(19-11-43)66-55-24-25-57(74)68-59(55)76)29-27-49(40-81-51-8-6-5-7-9-51)67-54-23-22-52(34-56(54)82(77,78)61(63,64)65)83(79,80)69-58(75)45-14-20-50(21-15-45)72-32-30-70(31-33-72)39-46-35-60(3,4)28-26-53(46)44-12-16-47(62)17-13-44/h5-23,34,41-42,49,55,66-67H,24-33,35-40H2,1-4H3,(H,69,75)(H,68,74,76)/t41?,42?,49-,55?/m1/s1. The van der Waals surface area contributed by atoms with Crippen molar-refractivity contribution in [2.45, 2.75) is 117 Å². The molecule has 0 saturated carbocycles. The molecule has 0 aromatic heterocycles. The Labute approximate surface area is 494 Å². The Balaban J connectivity index is 0.836. The van der Waals surface area contributed by atoms with Gasteiger partial charge in [0, 0.05) is 116 Å². The zero-order chi connectivity index (χ0) is 59.3. The van der Waals surface area contributed by atoms with E-state index in [0.29, 0.717) is 55.9 Å². The summed E-state index contributed by atoms with van der Waals surface area (Å²) in [7, 11) is -11.0. The van der Waals surface area contributed by atoms with Gasteiger partial charge in [-0.05, 0) is 147 Å². The van der Waals surface area contributed by atoms with Crippen LogP contribution in [-0.4, -0.2) is 137 Å². The van der Waals surface area contributed by atoms with Crippen molar-refractivity contribution in [3.05, 3.63) is 149 Å². The van der Waals surface area contributed by atoms with E-state index in [1.54, 1.807) is 12.1 Å². The highest BCUT2D eigenvalue weighted by atomic mass is 35.5. The van der Waals surface area contributed by atoms with Crippen LogP contribution < -0.4 is 25.6 Å². The number of sulfone groups is 1.